The van der Waals surface area contributed by atoms with E-state index < -0.39 is 52.4 Å². The first-order valence-electron chi connectivity index (χ1n) is 10.2. The van der Waals surface area contributed by atoms with Crippen molar-refractivity contribution >= 4 is 17.5 Å². The third-order valence-electron chi connectivity index (χ3n) is 5.23. The fourth-order valence-corrected chi connectivity index (χ4v) is 3.75. The number of carbonyl (C=O) groups excluding carboxylic acids is 3. The molecule has 0 spiro atoms. The zero-order valence-corrected chi connectivity index (χ0v) is 18.1. The summed E-state index contributed by atoms with van der Waals surface area (Å²) in [5.41, 5.74) is 0.0431. The van der Waals surface area contributed by atoms with Crippen molar-refractivity contribution in [2.24, 2.45) is 11.8 Å². The van der Waals surface area contributed by atoms with Crippen molar-refractivity contribution in [1.82, 2.24) is 0 Å². The van der Waals surface area contributed by atoms with E-state index in [0.29, 0.717) is 0 Å². The van der Waals surface area contributed by atoms with E-state index in [1.54, 1.807) is 36.4 Å². The summed E-state index contributed by atoms with van der Waals surface area (Å²) in [6, 6.07) is 16.2. The number of hydrogen-bond acceptors (Lipinski definition) is 8. The van der Waals surface area contributed by atoms with Crippen LogP contribution in [-0.2, 0) is 19.0 Å². The van der Waals surface area contributed by atoms with Crippen molar-refractivity contribution in [1.29, 1.82) is 0 Å². The van der Waals surface area contributed by atoms with Crippen LogP contribution in [0.15, 0.2) is 72.4 Å². The number of nitrogens with zero attached hydrogens (tertiary/aromatic N) is 1. The summed E-state index contributed by atoms with van der Waals surface area (Å²) in [6.45, 7) is 0.924. The Morgan fingerprint density at radius 3 is 1.94 bits per heavy atom. The molecule has 0 saturated heterocycles. The van der Waals surface area contributed by atoms with Crippen molar-refractivity contribution in [3.63, 3.8) is 0 Å². The molecule has 9 nitrogen and oxygen atoms in total. The minimum Gasteiger partial charge on any atom is -0.463 e. The Bertz CT molecular complexity index is 999. The van der Waals surface area contributed by atoms with Gasteiger partial charge >= 0.3 is 5.97 Å². The van der Waals surface area contributed by atoms with E-state index in [4.69, 9.17) is 14.2 Å². The van der Waals surface area contributed by atoms with Crippen molar-refractivity contribution in [3.8, 4) is 0 Å². The summed E-state index contributed by atoms with van der Waals surface area (Å²) in [6.07, 6.45) is -1.12. The first-order chi connectivity index (χ1) is 15.8. The standard InChI is InChI=1S/C24H23NO8/c1-15(26)32-14-18-13-19(25(29)30)20(24(31-2)33-18)21(22(27)16-9-5-3-6-10-16)23(28)17-11-7-4-8-12-17/h3-13,18,20-21,24H,14H2,1-2H3/t18-,20+,24-/m1/s1. The molecule has 1 heterocycles. The zero-order chi connectivity index (χ0) is 24.0. The maximum atomic E-state index is 13.5. The van der Waals surface area contributed by atoms with Crippen molar-refractivity contribution in [3.05, 3.63) is 93.7 Å². The third kappa shape index (κ3) is 5.57. The molecule has 0 saturated carbocycles. The monoisotopic (exact) mass is 453 g/mol. The number of methoxy groups -OCH3 is 1. The summed E-state index contributed by atoms with van der Waals surface area (Å²) < 4.78 is 16.0. The largest absolute Gasteiger partial charge is 0.463 e. The Labute approximate surface area is 190 Å². The molecular weight excluding hydrogens is 430 g/mol. The first kappa shape index (κ1) is 24.0. The molecule has 0 radical (unpaired) electrons. The lowest BCUT2D eigenvalue weighted by atomic mass is 9.77. The van der Waals surface area contributed by atoms with E-state index in [9.17, 15) is 24.5 Å². The highest BCUT2D eigenvalue weighted by Gasteiger charge is 2.50. The second-order valence-electron chi connectivity index (χ2n) is 7.39. The van der Waals surface area contributed by atoms with E-state index in [1.807, 2.05) is 0 Å². The fourth-order valence-electron chi connectivity index (χ4n) is 3.75. The number of ketones is 2. The van der Waals surface area contributed by atoms with Crippen LogP contribution in [0.25, 0.3) is 0 Å². The van der Waals surface area contributed by atoms with Gasteiger partial charge < -0.3 is 14.2 Å². The maximum absolute atomic E-state index is 13.5. The van der Waals surface area contributed by atoms with Gasteiger partial charge in [0.1, 0.15) is 24.5 Å². The van der Waals surface area contributed by atoms with Gasteiger partial charge in [0, 0.05) is 31.2 Å². The minimum atomic E-state index is -1.48. The second kappa shape index (κ2) is 10.8. The molecule has 1 aliphatic heterocycles. The lowest BCUT2D eigenvalue weighted by Gasteiger charge is -2.34. The van der Waals surface area contributed by atoms with Gasteiger partial charge in [0.05, 0.1) is 4.92 Å². The number of nitro groups is 1. The summed E-state index contributed by atoms with van der Waals surface area (Å²) in [7, 11) is 1.26. The Balaban J connectivity index is 2.10. The molecule has 33 heavy (non-hydrogen) atoms. The summed E-state index contributed by atoms with van der Waals surface area (Å²) in [4.78, 5) is 49.6. The van der Waals surface area contributed by atoms with Crippen LogP contribution in [0.4, 0.5) is 0 Å². The Hall–Kier alpha value is -3.69. The minimum absolute atomic E-state index is 0.228. The Morgan fingerprint density at radius 2 is 1.52 bits per heavy atom. The van der Waals surface area contributed by atoms with Gasteiger partial charge in [0.2, 0.25) is 0 Å². The van der Waals surface area contributed by atoms with Crippen LogP contribution in [0, 0.1) is 22.0 Å². The molecule has 3 atom stereocenters. The summed E-state index contributed by atoms with van der Waals surface area (Å²) >= 11 is 0. The van der Waals surface area contributed by atoms with E-state index >= 15 is 0 Å². The number of rotatable bonds is 9. The summed E-state index contributed by atoms with van der Waals surface area (Å²) in [5, 5.41) is 12.0. The molecule has 0 N–H and O–H groups in total. The molecule has 172 valence electrons. The number of carbonyl (C=O) groups is 3. The number of esters is 1. The summed E-state index contributed by atoms with van der Waals surface area (Å²) in [5.74, 6) is -4.58. The number of benzene rings is 2. The van der Waals surface area contributed by atoms with E-state index in [2.05, 4.69) is 0 Å². The van der Waals surface area contributed by atoms with Crippen LogP contribution in [0.3, 0.4) is 0 Å². The van der Waals surface area contributed by atoms with Gasteiger partial charge in [-0.1, -0.05) is 60.7 Å². The normalized spacial score (nSPS) is 20.1. The van der Waals surface area contributed by atoms with Crippen molar-refractivity contribution < 1.29 is 33.5 Å². The maximum Gasteiger partial charge on any atom is 0.302 e. The van der Waals surface area contributed by atoms with Gasteiger partial charge in [0.15, 0.2) is 17.9 Å². The van der Waals surface area contributed by atoms with Crippen LogP contribution >= 0.6 is 0 Å². The van der Waals surface area contributed by atoms with Gasteiger partial charge in [0.25, 0.3) is 5.70 Å². The third-order valence-corrected chi connectivity index (χ3v) is 5.23. The topological polar surface area (TPSA) is 122 Å². The fraction of sp³-hybridized carbons (Fsp3) is 0.292. The van der Waals surface area contributed by atoms with E-state index in [-0.39, 0.29) is 17.7 Å². The highest BCUT2D eigenvalue weighted by atomic mass is 16.7. The van der Waals surface area contributed by atoms with Gasteiger partial charge in [-0.3, -0.25) is 24.5 Å². The predicted octanol–water partition coefficient (Wildman–Crippen LogP) is 3.08. The molecule has 0 aromatic heterocycles. The smallest absolute Gasteiger partial charge is 0.302 e. The van der Waals surface area contributed by atoms with Gasteiger partial charge in [-0.25, -0.2) is 0 Å². The average Bonchev–Trinajstić information content (AvgIpc) is 2.83. The molecule has 0 unspecified atom stereocenters. The lowest BCUT2D eigenvalue weighted by molar-refractivity contribution is -0.445. The van der Waals surface area contributed by atoms with Crippen LogP contribution in [0.5, 0.6) is 0 Å². The first-order valence-corrected chi connectivity index (χ1v) is 10.2. The molecule has 0 amide bonds. The van der Waals surface area contributed by atoms with E-state index in [0.717, 1.165) is 6.08 Å². The Morgan fingerprint density at radius 1 is 1.00 bits per heavy atom. The predicted molar refractivity (Wildman–Crippen MR) is 116 cm³/mol. The average molecular weight is 453 g/mol. The number of ether oxygens (including phenoxy) is 3. The van der Waals surface area contributed by atoms with Crippen molar-refractivity contribution in [2.45, 2.75) is 19.3 Å². The lowest BCUT2D eigenvalue weighted by Crippen LogP contribution is -2.47. The molecule has 0 fully saturated rings. The zero-order valence-electron chi connectivity index (χ0n) is 18.1. The Kier molecular flexibility index (Phi) is 7.81. The van der Waals surface area contributed by atoms with Crippen LogP contribution in [0.1, 0.15) is 27.6 Å². The molecular formula is C24H23NO8. The molecule has 2 aromatic rings. The molecule has 0 aliphatic carbocycles. The van der Waals surface area contributed by atoms with Crippen molar-refractivity contribution in [2.75, 3.05) is 13.7 Å². The highest BCUT2D eigenvalue weighted by molar-refractivity contribution is 6.16. The quantitative estimate of drug-likeness (QED) is 0.187. The van der Waals surface area contributed by atoms with Gasteiger partial charge in [-0.05, 0) is 0 Å². The number of hydrogen-bond donors (Lipinski definition) is 0. The number of Topliss-reactive ketones (excluding diaryl/α,β-unsaturated/α-hetero) is 2. The molecule has 1 aliphatic rings. The molecule has 2 aromatic carbocycles. The second-order valence-corrected chi connectivity index (χ2v) is 7.39. The van der Waals surface area contributed by atoms with Gasteiger partial charge in [-0.2, -0.15) is 0 Å². The SMILES string of the molecule is CO[C@@H]1O[C@@H](COC(C)=O)C=C([N+](=O)[O-])[C@H]1C(C(=O)c1ccccc1)C(=O)c1ccccc1. The molecule has 3 rings (SSSR count). The van der Waals surface area contributed by atoms with E-state index in [1.165, 1.54) is 38.3 Å². The van der Waals surface area contributed by atoms with Crippen LogP contribution in [0.2, 0.25) is 0 Å². The van der Waals surface area contributed by atoms with Crippen LogP contribution in [-0.4, -0.2) is 48.6 Å². The highest BCUT2D eigenvalue weighted by Crippen LogP contribution is 2.36. The molecule has 0 bridgehead atoms. The van der Waals surface area contributed by atoms with Gasteiger partial charge in [-0.15, -0.1) is 0 Å². The molecule has 9 heteroatoms. The van der Waals surface area contributed by atoms with Crippen LogP contribution < -0.4 is 0 Å².